The monoisotopic (exact) mass is 400 g/mol. The zero-order valence-corrected chi connectivity index (χ0v) is 13.4. The summed E-state index contributed by atoms with van der Waals surface area (Å²) in [5, 5.41) is 21.1. The lowest BCUT2D eigenvalue weighted by Crippen LogP contribution is -2.48. The first-order valence-corrected chi connectivity index (χ1v) is 7.60. The zero-order valence-electron chi connectivity index (χ0n) is 10.3. The molecule has 8 heteroatoms. The predicted molar refractivity (Wildman–Crippen MR) is 78.1 cm³/mol. The van der Waals surface area contributed by atoms with E-state index in [1.807, 2.05) is 18.2 Å². The molecular weight excluding hydrogens is 392 g/mol. The van der Waals surface area contributed by atoms with E-state index in [4.69, 9.17) is 0 Å². The molecule has 0 radical (unpaired) electrons. The first-order valence-electron chi connectivity index (χ1n) is 6.02. The maximum Gasteiger partial charge on any atom is 0.331 e. The van der Waals surface area contributed by atoms with E-state index in [2.05, 4.69) is 47.4 Å². The van der Waals surface area contributed by atoms with Gasteiger partial charge in [-0.25, -0.2) is 9.48 Å². The van der Waals surface area contributed by atoms with Crippen LogP contribution in [-0.2, 0) is 10.3 Å². The van der Waals surface area contributed by atoms with E-state index in [0.29, 0.717) is 18.7 Å². The van der Waals surface area contributed by atoms with Crippen molar-refractivity contribution >= 4 is 37.8 Å². The lowest BCUT2D eigenvalue weighted by atomic mass is 9.76. The van der Waals surface area contributed by atoms with Gasteiger partial charge in [0.25, 0.3) is 0 Å². The number of aliphatic carboxylic acids is 1. The summed E-state index contributed by atoms with van der Waals surface area (Å²) in [6, 6.07) is 5.62. The number of nitrogens with zero attached hydrogens (tertiary/aromatic N) is 4. The number of hydrogen-bond donors (Lipinski definition) is 1. The molecule has 0 unspecified atom stereocenters. The Bertz CT molecular complexity index is 662. The Morgan fingerprint density at radius 3 is 2.40 bits per heavy atom. The van der Waals surface area contributed by atoms with Crippen molar-refractivity contribution < 1.29 is 9.90 Å². The molecule has 0 bridgehead atoms. The molecule has 1 aliphatic rings. The second-order valence-corrected chi connectivity index (χ2v) is 6.59. The van der Waals surface area contributed by atoms with Gasteiger partial charge in [-0.15, -0.1) is 5.10 Å². The molecule has 1 saturated carbocycles. The van der Waals surface area contributed by atoms with Crippen molar-refractivity contribution in [3.8, 4) is 11.4 Å². The molecule has 0 atom stereocenters. The largest absolute Gasteiger partial charge is 0.479 e. The number of hydrogen-bond acceptors (Lipinski definition) is 4. The van der Waals surface area contributed by atoms with Crippen molar-refractivity contribution in [3.05, 3.63) is 27.1 Å². The van der Waals surface area contributed by atoms with E-state index in [-0.39, 0.29) is 0 Å². The third-order valence-corrected chi connectivity index (χ3v) is 4.49. The average Bonchev–Trinajstić information content (AvgIpc) is 2.74. The van der Waals surface area contributed by atoms with Crippen LogP contribution in [0, 0.1) is 0 Å². The molecule has 3 rings (SSSR count). The Kier molecular flexibility index (Phi) is 3.37. The van der Waals surface area contributed by atoms with Crippen molar-refractivity contribution in [2.75, 3.05) is 0 Å². The Morgan fingerprint density at radius 1 is 1.25 bits per heavy atom. The molecule has 1 aromatic carbocycles. The lowest BCUT2D eigenvalue weighted by molar-refractivity contribution is -0.153. The molecule has 0 saturated heterocycles. The van der Waals surface area contributed by atoms with Crippen LogP contribution in [0.2, 0.25) is 0 Å². The number of benzene rings is 1. The fourth-order valence-corrected chi connectivity index (χ4v) is 3.66. The lowest BCUT2D eigenvalue weighted by Gasteiger charge is -2.37. The molecule has 20 heavy (non-hydrogen) atoms. The standard InChI is InChI=1S/C12H10Br2N4O2/c13-8-4-7(5-9(14)6-8)10-15-16-17-18(10)12(11(19)20)2-1-3-12/h4-6H,1-3H2,(H,19,20). The van der Waals surface area contributed by atoms with Gasteiger partial charge in [0.15, 0.2) is 11.4 Å². The Hall–Kier alpha value is -1.28. The van der Waals surface area contributed by atoms with E-state index in [9.17, 15) is 9.90 Å². The van der Waals surface area contributed by atoms with Crippen LogP contribution in [-0.4, -0.2) is 31.3 Å². The molecule has 1 aromatic heterocycles. The third-order valence-electron chi connectivity index (χ3n) is 3.57. The Morgan fingerprint density at radius 2 is 1.90 bits per heavy atom. The van der Waals surface area contributed by atoms with Gasteiger partial charge in [0, 0.05) is 14.5 Å². The maximum atomic E-state index is 11.6. The smallest absolute Gasteiger partial charge is 0.331 e. The minimum absolute atomic E-state index is 0.467. The highest BCUT2D eigenvalue weighted by Gasteiger charge is 2.49. The number of carboxylic acid groups (broad SMARTS) is 1. The molecule has 6 nitrogen and oxygen atoms in total. The van der Waals surface area contributed by atoms with Crippen molar-refractivity contribution in [3.63, 3.8) is 0 Å². The minimum atomic E-state index is -1.01. The molecule has 1 fully saturated rings. The van der Waals surface area contributed by atoms with Crippen molar-refractivity contribution in [2.24, 2.45) is 0 Å². The van der Waals surface area contributed by atoms with Gasteiger partial charge in [0.2, 0.25) is 0 Å². The van der Waals surface area contributed by atoms with Gasteiger partial charge >= 0.3 is 5.97 Å². The van der Waals surface area contributed by atoms with Crippen LogP contribution >= 0.6 is 31.9 Å². The highest BCUT2D eigenvalue weighted by Crippen LogP contribution is 2.41. The van der Waals surface area contributed by atoms with Crippen LogP contribution in [0.3, 0.4) is 0 Å². The van der Waals surface area contributed by atoms with Crippen LogP contribution in [0.25, 0.3) is 11.4 Å². The fourth-order valence-electron chi connectivity index (χ4n) is 2.37. The normalized spacial score (nSPS) is 16.7. The highest BCUT2D eigenvalue weighted by molar-refractivity contribution is 9.11. The van der Waals surface area contributed by atoms with Gasteiger partial charge in [-0.2, -0.15) is 0 Å². The Balaban J connectivity index is 2.13. The van der Waals surface area contributed by atoms with E-state index in [1.165, 1.54) is 4.68 Å². The average molecular weight is 402 g/mol. The number of tetrazole rings is 1. The van der Waals surface area contributed by atoms with Gasteiger partial charge in [0.05, 0.1) is 0 Å². The maximum absolute atomic E-state index is 11.6. The van der Waals surface area contributed by atoms with Crippen LogP contribution in [0.4, 0.5) is 0 Å². The van der Waals surface area contributed by atoms with Crippen LogP contribution in [0.1, 0.15) is 19.3 Å². The first-order chi connectivity index (χ1) is 9.53. The number of carbonyl (C=O) groups is 1. The minimum Gasteiger partial charge on any atom is -0.479 e. The molecular formula is C12H10Br2N4O2. The predicted octanol–water partition coefficient (Wildman–Crippen LogP) is 2.83. The van der Waals surface area contributed by atoms with Crippen molar-refractivity contribution in [2.45, 2.75) is 24.8 Å². The van der Waals surface area contributed by atoms with Crippen LogP contribution in [0.15, 0.2) is 27.1 Å². The molecule has 1 aliphatic carbocycles. The summed E-state index contributed by atoms with van der Waals surface area (Å²) in [6.45, 7) is 0. The summed E-state index contributed by atoms with van der Waals surface area (Å²) in [4.78, 5) is 11.6. The summed E-state index contributed by atoms with van der Waals surface area (Å²) in [5.41, 5.74) is -0.239. The van der Waals surface area contributed by atoms with E-state index < -0.39 is 11.5 Å². The summed E-state index contributed by atoms with van der Waals surface area (Å²) < 4.78 is 3.18. The molecule has 0 spiro atoms. The van der Waals surface area contributed by atoms with Gasteiger partial charge in [0.1, 0.15) is 0 Å². The van der Waals surface area contributed by atoms with Gasteiger partial charge in [-0.3, -0.25) is 0 Å². The second kappa shape index (κ2) is 4.92. The van der Waals surface area contributed by atoms with Gasteiger partial charge in [-0.05, 0) is 47.9 Å². The summed E-state index contributed by atoms with van der Waals surface area (Å²) >= 11 is 6.82. The van der Waals surface area contributed by atoms with Crippen LogP contribution < -0.4 is 0 Å². The zero-order chi connectivity index (χ0) is 14.3. The molecule has 0 aliphatic heterocycles. The van der Waals surface area contributed by atoms with E-state index in [1.54, 1.807) is 0 Å². The topological polar surface area (TPSA) is 80.9 Å². The molecule has 2 aromatic rings. The second-order valence-electron chi connectivity index (χ2n) is 4.76. The van der Waals surface area contributed by atoms with Gasteiger partial charge < -0.3 is 5.11 Å². The SMILES string of the molecule is O=C(O)C1(n2nnnc2-c2cc(Br)cc(Br)c2)CCC1. The highest BCUT2D eigenvalue weighted by atomic mass is 79.9. The summed E-state index contributed by atoms with van der Waals surface area (Å²) in [7, 11) is 0. The van der Waals surface area contributed by atoms with Crippen molar-refractivity contribution in [1.82, 2.24) is 20.2 Å². The number of carboxylic acids is 1. The summed E-state index contributed by atoms with van der Waals surface area (Å²) in [5.74, 6) is -0.416. The van der Waals surface area contributed by atoms with E-state index >= 15 is 0 Å². The first kappa shape index (κ1) is 13.7. The quantitative estimate of drug-likeness (QED) is 0.855. The number of rotatable bonds is 3. The van der Waals surface area contributed by atoms with Gasteiger partial charge in [-0.1, -0.05) is 31.9 Å². The van der Waals surface area contributed by atoms with Crippen molar-refractivity contribution in [1.29, 1.82) is 0 Å². The Labute approximate surface area is 131 Å². The molecule has 0 amide bonds. The fraction of sp³-hybridized carbons (Fsp3) is 0.333. The molecule has 1 heterocycles. The molecule has 104 valence electrons. The number of aromatic nitrogens is 4. The number of halogens is 2. The van der Waals surface area contributed by atoms with E-state index in [0.717, 1.165) is 20.9 Å². The summed E-state index contributed by atoms with van der Waals surface area (Å²) in [6.07, 6.45) is 1.97. The molecule has 1 N–H and O–H groups in total. The van der Waals surface area contributed by atoms with Crippen LogP contribution in [0.5, 0.6) is 0 Å². The third kappa shape index (κ3) is 2.07.